The number of aromatic amines is 1. The van der Waals surface area contributed by atoms with Crippen LogP contribution in [-0.2, 0) is 0 Å². The van der Waals surface area contributed by atoms with Gasteiger partial charge in [-0.15, -0.1) is 0 Å². The average molecular weight is 396 g/mol. The van der Waals surface area contributed by atoms with E-state index in [0.29, 0.717) is 0 Å². The lowest BCUT2D eigenvalue weighted by Gasteiger charge is -2.22. The van der Waals surface area contributed by atoms with Crippen molar-refractivity contribution in [2.75, 3.05) is 5.32 Å². The third kappa shape index (κ3) is 3.22. The quantitative estimate of drug-likeness (QED) is 0.390. The van der Waals surface area contributed by atoms with Crippen LogP contribution in [0.15, 0.2) is 66.9 Å². The summed E-state index contributed by atoms with van der Waals surface area (Å²) in [6, 6.07) is 21.1. The number of rotatable bonds is 3. The molecule has 0 aliphatic heterocycles. The minimum absolute atomic E-state index is 0.0711. The number of hydrogen-bond acceptors (Lipinski definition) is 3. The van der Waals surface area contributed by atoms with Crippen LogP contribution in [0.4, 0.5) is 5.82 Å². The number of fused-ring (bicyclic) bond motifs is 2. The van der Waals surface area contributed by atoms with Crippen LogP contribution in [0.5, 0.6) is 0 Å². The van der Waals surface area contributed by atoms with Crippen LogP contribution >= 0.6 is 0 Å². The monoisotopic (exact) mass is 395 g/mol. The molecule has 0 bridgehead atoms. The minimum Gasteiger partial charge on any atom is -0.365 e. The van der Waals surface area contributed by atoms with E-state index in [4.69, 9.17) is 4.98 Å². The predicted molar refractivity (Wildman–Crippen MR) is 124 cm³/mol. The Bertz CT molecular complexity index is 1350. The standard InChI is InChI=1S/C25H25N5/c1-16-20-15-19(12-13-21(20)29-28-16)17-8-10-18(11-9-17)23-24(27-25(2,3)4)30-14-6-5-7-22(30)26-23/h5-15,27H,1-4H3,(H,28,29). The van der Waals surface area contributed by atoms with Gasteiger partial charge in [0.25, 0.3) is 0 Å². The second-order valence-corrected chi connectivity index (χ2v) is 8.76. The van der Waals surface area contributed by atoms with Crippen molar-refractivity contribution in [1.29, 1.82) is 0 Å². The van der Waals surface area contributed by atoms with Gasteiger partial charge in [0.2, 0.25) is 0 Å². The minimum atomic E-state index is -0.0711. The number of nitrogens with zero attached hydrogens (tertiary/aromatic N) is 3. The summed E-state index contributed by atoms with van der Waals surface area (Å²) in [5.41, 5.74) is 7.36. The van der Waals surface area contributed by atoms with E-state index in [9.17, 15) is 0 Å². The van der Waals surface area contributed by atoms with Gasteiger partial charge in [0, 0.05) is 22.7 Å². The molecule has 5 rings (SSSR count). The Hall–Kier alpha value is -3.60. The van der Waals surface area contributed by atoms with E-state index in [-0.39, 0.29) is 5.54 Å². The highest BCUT2D eigenvalue weighted by atomic mass is 15.2. The number of nitrogens with one attached hydrogen (secondary N) is 2. The molecule has 2 N–H and O–H groups in total. The third-order valence-electron chi connectivity index (χ3n) is 5.27. The summed E-state index contributed by atoms with van der Waals surface area (Å²) >= 11 is 0. The van der Waals surface area contributed by atoms with Crippen LogP contribution in [0.3, 0.4) is 0 Å². The molecule has 0 saturated heterocycles. The van der Waals surface area contributed by atoms with Gasteiger partial charge in [0.05, 0.1) is 11.2 Å². The normalized spacial score (nSPS) is 12.0. The molecule has 3 heterocycles. The topological polar surface area (TPSA) is 58.0 Å². The predicted octanol–water partition coefficient (Wildman–Crippen LogP) is 6.06. The summed E-state index contributed by atoms with van der Waals surface area (Å²) in [5, 5.41) is 12.2. The van der Waals surface area contributed by atoms with Crippen LogP contribution in [0.2, 0.25) is 0 Å². The van der Waals surface area contributed by atoms with E-state index in [1.807, 2.05) is 25.1 Å². The average Bonchev–Trinajstić information content (AvgIpc) is 3.28. The van der Waals surface area contributed by atoms with Gasteiger partial charge in [-0.25, -0.2) is 4.98 Å². The lowest BCUT2D eigenvalue weighted by atomic mass is 10.0. The first-order valence-corrected chi connectivity index (χ1v) is 10.2. The number of benzene rings is 2. The molecule has 0 aliphatic rings. The van der Waals surface area contributed by atoms with Crippen molar-refractivity contribution < 1.29 is 0 Å². The largest absolute Gasteiger partial charge is 0.365 e. The van der Waals surface area contributed by atoms with Gasteiger partial charge in [-0.3, -0.25) is 9.50 Å². The molecule has 5 nitrogen and oxygen atoms in total. The van der Waals surface area contributed by atoms with Crippen LogP contribution in [0.25, 0.3) is 38.9 Å². The lowest BCUT2D eigenvalue weighted by Crippen LogP contribution is -2.27. The number of aryl methyl sites for hydroxylation is 1. The Kier molecular flexibility index (Phi) is 4.13. The Labute approximate surface area is 175 Å². The molecule has 3 aromatic heterocycles. The first kappa shape index (κ1) is 18.4. The Morgan fingerprint density at radius 1 is 0.900 bits per heavy atom. The summed E-state index contributed by atoms with van der Waals surface area (Å²) in [6.07, 6.45) is 2.05. The molecule has 30 heavy (non-hydrogen) atoms. The van der Waals surface area contributed by atoms with E-state index in [0.717, 1.165) is 39.3 Å². The van der Waals surface area contributed by atoms with Crippen LogP contribution in [0, 0.1) is 6.92 Å². The summed E-state index contributed by atoms with van der Waals surface area (Å²) in [6.45, 7) is 8.52. The molecule has 5 heteroatoms. The van der Waals surface area contributed by atoms with E-state index >= 15 is 0 Å². The molecular formula is C25H25N5. The maximum atomic E-state index is 4.90. The highest BCUT2D eigenvalue weighted by molar-refractivity contribution is 5.87. The van der Waals surface area contributed by atoms with E-state index in [1.54, 1.807) is 0 Å². The fourth-order valence-corrected chi connectivity index (χ4v) is 3.82. The maximum absolute atomic E-state index is 4.90. The van der Waals surface area contributed by atoms with Gasteiger partial charge in [0.1, 0.15) is 17.2 Å². The van der Waals surface area contributed by atoms with Crippen molar-refractivity contribution in [1.82, 2.24) is 19.6 Å². The number of hydrogen-bond donors (Lipinski definition) is 2. The SMILES string of the molecule is Cc1n[nH]c2ccc(-c3ccc(-c4nc5ccccn5c4NC(C)(C)C)cc3)cc12. The molecule has 2 aromatic carbocycles. The van der Waals surface area contributed by atoms with Gasteiger partial charge in [-0.05, 0) is 63.1 Å². The number of imidazole rings is 1. The van der Waals surface area contributed by atoms with Gasteiger partial charge < -0.3 is 5.32 Å². The second-order valence-electron chi connectivity index (χ2n) is 8.76. The van der Waals surface area contributed by atoms with Gasteiger partial charge in [-0.1, -0.05) is 36.4 Å². The first-order valence-electron chi connectivity index (χ1n) is 10.2. The molecule has 0 saturated carbocycles. The van der Waals surface area contributed by atoms with E-state index in [2.05, 4.69) is 89.3 Å². The molecule has 0 radical (unpaired) electrons. The highest BCUT2D eigenvalue weighted by Crippen LogP contribution is 2.33. The number of pyridine rings is 1. The van der Waals surface area contributed by atoms with Crippen molar-refractivity contribution in [2.45, 2.75) is 33.2 Å². The molecular weight excluding hydrogens is 370 g/mol. The van der Waals surface area contributed by atoms with Crippen molar-refractivity contribution >= 4 is 22.4 Å². The Morgan fingerprint density at radius 3 is 2.40 bits per heavy atom. The van der Waals surface area contributed by atoms with Gasteiger partial charge >= 0.3 is 0 Å². The summed E-state index contributed by atoms with van der Waals surface area (Å²) in [4.78, 5) is 4.90. The van der Waals surface area contributed by atoms with Crippen LogP contribution in [0.1, 0.15) is 26.5 Å². The summed E-state index contributed by atoms with van der Waals surface area (Å²) < 4.78 is 2.12. The molecule has 5 aromatic rings. The summed E-state index contributed by atoms with van der Waals surface area (Å²) in [7, 11) is 0. The van der Waals surface area contributed by atoms with E-state index in [1.165, 1.54) is 11.1 Å². The zero-order chi connectivity index (χ0) is 20.9. The maximum Gasteiger partial charge on any atom is 0.139 e. The third-order valence-corrected chi connectivity index (χ3v) is 5.27. The van der Waals surface area contributed by atoms with Crippen molar-refractivity contribution in [3.8, 4) is 22.4 Å². The van der Waals surface area contributed by atoms with Gasteiger partial charge in [0.15, 0.2) is 0 Å². The lowest BCUT2D eigenvalue weighted by molar-refractivity contribution is 0.629. The number of aromatic nitrogens is 4. The number of H-pyrrole nitrogens is 1. The van der Waals surface area contributed by atoms with Crippen LogP contribution < -0.4 is 5.32 Å². The first-order chi connectivity index (χ1) is 14.4. The second kappa shape index (κ2) is 6.73. The molecule has 0 spiro atoms. The van der Waals surface area contributed by atoms with Crippen molar-refractivity contribution in [2.24, 2.45) is 0 Å². The zero-order valence-electron chi connectivity index (χ0n) is 17.7. The van der Waals surface area contributed by atoms with Gasteiger partial charge in [-0.2, -0.15) is 5.10 Å². The fourth-order valence-electron chi connectivity index (χ4n) is 3.82. The zero-order valence-corrected chi connectivity index (χ0v) is 17.7. The summed E-state index contributed by atoms with van der Waals surface area (Å²) in [5.74, 6) is 1.02. The van der Waals surface area contributed by atoms with Crippen molar-refractivity contribution in [3.05, 3.63) is 72.6 Å². The smallest absolute Gasteiger partial charge is 0.139 e. The van der Waals surface area contributed by atoms with Crippen LogP contribution in [-0.4, -0.2) is 25.1 Å². The molecule has 150 valence electrons. The fraction of sp³-hybridized carbons (Fsp3) is 0.200. The van der Waals surface area contributed by atoms with E-state index < -0.39 is 0 Å². The molecule has 0 amide bonds. The molecule has 0 fully saturated rings. The Balaban J connectivity index is 1.57. The highest BCUT2D eigenvalue weighted by Gasteiger charge is 2.19. The molecule has 0 atom stereocenters. The Morgan fingerprint density at radius 2 is 1.63 bits per heavy atom. The van der Waals surface area contributed by atoms with Crippen molar-refractivity contribution in [3.63, 3.8) is 0 Å². The number of anilines is 1. The molecule has 0 aliphatic carbocycles. The molecule has 0 unspecified atom stereocenters.